The fraction of sp³-hybridized carbons (Fsp3) is 0.533. The number of methoxy groups -OCH3 is 1. The number of hydrogen-bond acceptors (Lipinski definition) is 4. The summed E-state index contributed by atoms with van der Waals surface area (Å²) in [7, 11) is 5.64. The van der Waals surface area contributed by atoms with E-state index < -0.39 is 0 Å². The summed E-state index contributed by atoms with van der Waals surface area (Å²) in [4.78, 5) is 16.5. The number of nitrogens with zero attached hydrogens (tertiary/aromatic N) is 2. The van der Waals surface area contributed by atoms with Crippen LogP contribution in [0.15, 0.2) is 18.2 Å². The zero-order chi connectivity index (χ0) is 15.8. The summed E-state index contributed by atoms with van der Waals surface area (Å²) in [5.41, 5.74) is 6.69. The number of anilines is 1. The maximum atomic E-state index is 12.6. The van der Waals surface area contributed by atoms with Gasteiger partial charge < -0.3 is 20.3 Å². The first-order valence-corrected chi connectivity index (χ1v) is 7.32. The van der Waals surface area contributed by atoms with Crippen molar-refractivity contribution in [2.24, 2.45) is 0 Å². The molecule has 0 radical (unpaired) electrons. The molecule has 1 rings (SSSR count). The van der Waals surface area contributed by atoms with Crippen LogP contribution in [-0.2, 0) is 4.74 Å². The number of ether oxygens (including phenoxy) is 1. The highest BCUT2D eigenvalue weighted by Crippen LogP contribution is 2.23. The van der Waals surface area contributed by atoms with E-state index in [2.05, 4.69) is 4.90 Å². The lowest BCUT2D eigenvalue weighted by atomic mass is 10.1. The van der Waals surface area contributed by atoms with E-state index in [0.29, 0.717) is 36.0 Å². The quantitative estimate of drug-likeness (QED) is 0.745. The van der Waals surface area contributed by atoms with Crippen LogP contribution in [-0.4, -0.2) is 63.2 Å². The number of amides is 1. The Labute approximate surface area is 131 Å². The average molecular weight is 314 g/mol. The SMILES string of the molecule is COCCN(CCCN(C)C)C(=O)c1cccc(Cl)c1N. The molecule has 0 aliphatic heterocycles. The van der Waals surface area contributed by atoms with Crippen LogP contribution in [0.2, 0.25) is 5.02 Å². The van der Waals surface area contributed by atoms with E-state index in [0.717, 1.165) is 13.0 Å². The predicted molar refractivity (Wildman–Crippen MR) is 86.8 cm³/mol. The molecule has 0 aromatic heterocycles. The van der Waals surface area contributed by atoms with E-state index in [9.17, 15) is 4.79 Å². The van der Waals surface area contributed by atoms with E-state index in [1.54, 1.807) is 30.2 Å². The van der Waals surface area contributed by atoms with Gasteiger partial charge in [-0.2, -0.15) is 0 Å². The Balaban J connectivity index is 2.80. The van der Waals surface area contributed by atoms with E-state index in [4.69, 9.17) is 22.1 Å². The standard InChI is InChI=1S/C15H24ClN3O2/c1-18(2)8-5-9-19(10-11-21-3)15(20)12-6-4-7-13(16)14(12)17/h4,6-7H,5,8-11,17H2,1-3H3. The number of nitrogen functional groups attached to an aromatic ring is 1. The van der Waals surface area contributed by atoms with Crippen LogP contribution in [0.3, 0.4) is 0 Å². The number of nitrogens with two attached hydrogens (primary N) is 1. The number of carbonyl (C=O) groups is 1. The lowest BCUT2D eigenvalue weighted by Crippen LogP contribution is -2.36. The third kappa shape index (κ3) is 5.53. The van der Waals surface area contributed by atoms with Crippen molar-refractivity contribution in [3.63, 3.8) is 0 Å². The number of carbonyl (C=O) groups excluding carboxylic acids is 1. The molecule has 1 amide bonds. The molecular weight excluding hydrogens is 290 g/mol. The van der Waals surface area contributed by atoms with Gasteiger partial charge in [-0.05, 0) is 39.2 Å². The predicted octanol–water partition coefficient (Wildman–Crippen LogP) is 1.96. The first-order chi connectivity index (χ1) is 9.97. The van der Waals surface area contributed by atoms with Crippen molar-refractivity contribution in [3.05, 3.63) is 28.8 Å². The van der Waals surface area contributed by atoms with Crippen molar-refractivity contribution in [1.29, 1.82) is 0 Å². The highest BCUT2D eigenvalue weighted by atomic mass is 35.5. The largest absolute Gasteiger partial charge is 0.397 e. The maximum absolute atomic E-state index is 12.6. The Morgan fingerprint density at radius 1 is 1.29 bits per heavy atom. The molecule has 118 valence electrons. The minimum absolute atomic E-state index is 0.106. The monoisotopic (exact) mass is 313 g/mol. The summed E-state index contributed by atoms with van der Waals surface area (Å²) in [5.74, 6) is -0.106. The second-order valence-electron chi connectivity index (χ2n) is 5.14. The Morgan fingerprint density at radius 3 is 2.62 bits per heavy atom. The van der Waals surface area contributed by atoms with Gasteiger partial charge in [0.05, 0.1) is 22.9 Å². The smallest absolute Gasteiger partial charge is 0.256 e. The van der Waals surface area contributed by atoms with Crippen LogP contribution in [0.4, 0.5) is 5.69 Å². The Bertz CT molecular complexity index is 466. The molecule has 0 saturated carbocycles. The van der Waals surface area contributed by atoms with Crippen molar-refractivity contribution in [2.45, 2.75) is 6.42 Å². The molecule has 0 atom stereocenters. The molecule has 0 bridgehead atoms. The number of rotatable bonds is 8. The lowest BCUT2D eigenvalue weighted by molar-refractivity contribution is 0.0690. The number of hydrogen-bond donors (Lipinski definition) is 1. The number of para-hydroxylation sites is 1. The zero-order valence-electron chi connectivity index (χ0n) is 12.9. The van der Waals surface area contributed by atoms with Gasteiger partial charge in [0.25, 0.3) is 5.91 Å². The van der Waals surface area contributed by atoms with Gasteiger partial charge in [0.2, 0.25) is 0 Å². The molecule has 1 aromatic rings. The molecule has 0 saturated heterocycles. The fourth-order valence-corrected chi connectivity index (χ4v) is 2.16. The van der Waals surface area contributed by atoms with Crippen molar-refractivity contribution in [3.8, 4) is 0 Å². The van der Waals surface area contributed by atoms with Crippen LogP contribution in [0, 0.1) is 0 Å². The van der Waals surface area contributed by atoms with Crippen molar-refractivity contribution >= 4 is 23.2 Å². The normalized spacial score (nSPS) is 10.9. The topological polar surface area (TPSA) is 58.8 Å². The van der Waals surface area contributed by atoms with Crippen molar-refractivity contribution < 1.29 is 9.53 Å². The zero-order valence-corrected chi connectivity index (χ0v) is 13.7. The molecular formula is C15H24ClN3O2. The lowest BCUT2D eigenvalue weighted by Gasteiger charge is -2.24. The summed E-state index contributed by atoms with van der Waals surface area (Å²) >= 11 is 5.99. The number of benzene rings is 1. The maximum Gasteiger partial charge on any atom is 0.256 e. The van der Waals surface area contributed by atoms with Gasteiger partial charge in [0, 0.05) is 20.2 Å². The average Bonchev–Trinajstić information content (AvgIpc) is 2.44. The summed E-state index contributed by atoms with van der Waals surface area (Å²) in [6.07, 6.45) is 0.892. The molecule has 6 heteroatoms. The molecule has 0 heterocycles. The van der Waals surface area contributed by atoms with E-state index >= 15 is 0 Å². The molecule has 0 unspecified atom stereocenters. The second-order valence-corrected chi connectivity index (χ2v) is 5.55. The van der Waals surface area contributed by atoms with E-state index in [1.165, 1.54) is 0 Å². The summed E-state index contributed by atoms with van der Waals surface area (Å²) in [6.45, 7) is 2.61. The summed E-state index contributed by atoms with van der Waals surface area (Å²) < 4.78 is 5.08. The number of halogens is 1. The molecule has 1 aromatic carbocycles. The first kappa shape index (κ1) is 17.8. The fourth-order valence-electron chi connectivity index (χ4n) is 1.99. The van der Waals surface area contributed by atoms with Crippen LogP contribution in [0.5, 0.6) is 0 Å². The minimum atomic E-state index is -0.106. The van der Waals surface area contributed by atoms with Crippen LogP contribution >= 0.6 is 11.6 Å². The Kier molecular flexibility index (Phi) is 7.50. The first-order valence-electron chi connectivity index (χ1n) is 6.94. The molecule has 21 heavy (non-hydrogen) atoms. The van der Waals surface area contributed by atoms with Crippen molar-refractivity contribution in [2.75, 3.05) is 53.2 Å². The van der Waals surface area contributed by atoms with E-state index in [-0.39, 0.29) is 5.91 Å². The van der Waals surface area contributed by atoms with Gasteiger partial charge in [-0.3, -0.25) is 4.79 Å². The molecule has 0 fully saturated rings. The molecule has 0 aliphatic carbocycles. The van der Waals surface area contributed by atoms with Gasteiger partial charge in [-0.1, -0.05) is 17.7 Å². The van der Waals surface area contributed by atoms with Gasteiger partial charge in [0.1, 0.15) is 0 Å². The minimum Gasteiger partial charge on any atom is -0.397 e. The highest BCUT2D eigenvalue weighted by Gasteiger charge is 2.18. The Hall–Kier alpha value is -1.30. The summed E-state index contributed by atoms with van der Waals surface area (Å²) in [6, 6.07) is 5.12. The highest BCUT2D eigenvalue weighted by molar-refractivity contribution is 6.33. The van der Waals surface area contributed by atoms with Gasteiger partial charge in [0.15, 0.2) is 0 Å². The molecule has 5 nitrogen and oxygen atoms in total. The van der Waals surface area contributed by atoms with E-state index in [1.807, 2.05) is 14.1 Å². The molecule has 2 N–H and O–H groups in total. The van der Waals surface area contributed by atoms with Crippen LogP contribution < -0.4 is 5.73 Å². The second kappa shape index (κ2) is 8.87. The molecule has 0 spiro atoms. The third-order valence-corrected chi connectivity index (χ3v) is 3.50. The van der Waals surface area contributed by atoms with Gasteiger partial charge >= 0.3 is 0 Å². The molecule has 0 aliphatic rings. The van der Waals surface area contributed by atoms with Crippen LogP contribution in [0.25, 0.3) is 0 Å². The van der Waals surface area contributed by atoms with Gasteiger partial charge in [-0.15, -0.1) is 0 Å². The van der Waals surface area contributed by atoms with Gasteiger partial charge in [-0.25, -0.2) is 0 Å². The summed E-state index contributed by atoms with van der Waals surface area (Å²) in [5, 5.41) is 0.404. The third-order valence-electron chi connectivity index (χ3n) is 3.17. The van der Waals surface area contributed by atoms with Crippen molar-refractivity contribution in [1.82, 2.24) is 9.80 Å². The Morgan fingerprint density at radius 2 is 2.00 bits per heavy atom. The van der Waals surface area contributed by atoms with Crippen LogP contribution in [0.1, 0.15) is 16.8 Å².